The maximum atomic E-state index is 12.9. The molecule has 0 spiro atoms. The predicted octanol–water partition coefficient (Wildman–Crippen LogP) is 3.35. The first-order valence-corrected chi connectivity index (χ1v) is 9.73. The quantitative estimate of drug-likeness (QED) is 0.617. The van der Waals surface area contributed by atoms with E-state index in [-0.39, 0.29) is 11.3 Å². The minimum atomic E-state index is -5.18. The highest BCUT2D eigenvalue weighted by Crippen LogP contribution is 2.34. The molecule has 0 aliphatic rings. The van der Waals surface area contributed by atoms with Crippen LogP contribution in [0, 0.1) is 5.92 Å². The van der Waals surface area contributed by atoms with Crippen LogP contribution in [0.4, 0.5) is 13.2 Å². The van der Waals surface area contributed by atoms with Gasteiger partial charge in [0, 0.05) is 0 Å². The number of aromatic hydroxyl groups is 1. The molecule has 0 saturated heterocycles. The molecule has 0 aliphatic carbocycles. The molecule has 0 unspecified atom stereocenters. The summed E-state index contributed by atoms with van der Waals surface area (Å²) in [7, 11) is -4.65. The van der Waals surface area contributed by atoms with Gasteiger partial charge in [-0.15, -0.1) is 13.2 Å². The van der Waals surface area contributed by atoms with Crippen LogP contribution in [0.1, 0.15) is 13.8 Å². The first kappa shape index (κ1) is 22.5. The molecular weight excluding hydrogens is 415 g/mol. The number of aliphatic carboxylic acids is 1. The van der Waals surface area contributed by atoms with Crippen molar-refractivity contribution in [3.63, 3.8) is 0 Å². The average Bonchev–Trinajstić information content (AvgIpc) is 2.58. The summed E-state index contributed by atoms with van der Waals surface area (Å²) in [5.41, 5.74) is 0.596. The second kappa shape index (κ2) is 8.29. The fraction of sp³-hybridized carbons (Fsp3) is 0.278. The highest BCUT2D eigenvalue weighted by molar-refractivity contribution is 7.89. The number of phenolic OH excluding ortho intramolecular Hbond substituents is 1. The summed E-state index contributed by atoms with van der Waals surface area (Å²) in [5.74, 6) is -3.20. The highest BCUT2D eigenvalue weighted by atomic mass is 32.2. The van der Waals surface area contributed by atoms with Gasteiger partial charge in [-0.1, -0.05) is 32.0 Å². The summed E-state index contributed by atoms with van der Waals surface area (Å²) in [6.45, 7) is 2.89. The van der Waals surface area contributed by atoms with Crippen molar-refractivity contribution in [2.75, 3.05) is 0 Å². The number of carboxylic acid groups (broad SMARTS) is 1. The van der Waals surface area contributed by atoms with Gasteiger partial charge in [0.15, 0.2) is 0 Å². The number of benzene rings is 2. The maximum Gasteiger partial charge on any atom is 0.573 e. The van der Waals surface area contributed by atoms with Gasteiger partial charge in [-0.25, -0.2) is 8.42 Å². The second-order valence-corrected chi connectivity index (χ2v) is 8.12. The van der Waals surface area contributed by atoms with Crippen molar-refractivity contribution in [2.24, 2.45) is 5.92 Å². The molecule has 2 aromatic carbocycles. The molecule has 158 valence electrons. The van der Waals surface area contributed by atoms with Crippen LogP contribution in [0.15, 0.2) is 47.4 Å². The number of hydrogen-bond acceptors (Lipinski definition) is 5. The number of ether oxygens (including phenoxy) is 1. The number of sulfonamides is 1. The Hall–Kier alpha value is -2.79. The number of alkyl halides is 3. The van der Waals surface area contributed by atoms with Gasteiger partial charge < -0.3 is 14.9 Å². The largest absolute Gasteiger partial charge is 0.573 e. The molecule has 3 N–H and O–H groups in total. The number of phenols is 1. The standard InChI is InChI=1S/C18H18F3NO6S/c1-10(2)16(17(24)25)22-29(26,27)15-8-5-12(9-14(15)28-18(19,20)21)11-3-6-13(23)7-4-11/h3-10,16,22-23H,1-2H3,(H,24,25)/t16-/m1/s1. The average molecular weight is 433 g/mol. The van der Waals surface area contributed by atoms with Crippen molar-refractivity contribution < 1.29 is 41.3 Å². The fourth-order valence-corrected chi connectivity index (χ4v) is 3.92. The topological polar surface area (TPSA) is 113 Å². The monoisotopic (exact) mass is 433 g/mol. The Balaban J connectivity index is 2.55. The van der Waals surface area contributed by atoms with Crippen molar-refractivity contribution in [1.29, 1.82) is 0 Å². The first-order chi connectivity index (χ1) is 13.3. The molecule has 2 aromatic rings. The van der Waals surface area contributed by atoms with Gasteiger partial charge in [-0.2, -0.15) is 4.72 Å². The van der Waals surface area contributed by atoms with E-state index in [1.807, 2.05) is 4.72 Å². The summed E-state index contributed by atoms with van der Waals surface area (Å²) >= 11 is 0. The number of halogens is 3. The summed E-state index contributed by atoms with van der Waals surface area (Å²) in [6, 6.07) is 6.94. The number of nitrogens with one attached hydrogen (secondary N) is 1. The van der Waals surface area contributed by atoms with E-state index in [1.165, 1.54) is 44.2 Å². The van der Waals surface area contributed by atoms with Gasteiger partial charge in [0.1, 0.15) is 22.4 Å². The van der Waals surface area contributed by atoms with Gasteiger partial charge in [-0.3, -0.25) is 4.79 Å². The van der Waals surface area contributed by atoms with E-state index in [0.29, 0.717) is 5.56 Å². The van der Waals surface area contributed by atoms with Gasteiger partial charge in [0.25, 0.3) is 0 Å². The first-order valence-electron chi connectivity index (χ1n) is 8.24. The molecule has 0 heterocycles. The molecular formula is C18H18F3NO6S. The van der Waals surface area contributed by atoms with Crippen LogP contribution < -0.4 is 9.46 Å². The normalized spacial score (nSPS) is 13.3. The minimum Gasteiger partial charge on any atom is -0.508 e. The SMILES string of the molecule is CC(C)[C@@H](NS(=O)(=O)c1ccc(-c2ccc(O)cc2)cc1OC(F)(F)F)C(=O)O. The third-order valence-electron chi connectivity index (χ3n) is 3.87. The zero-order chi connectivity index (χ0) is 22.0. The van der Waals surface area contributed by atoms with Crippen molar-refractivity contribution >= 4 is 16.0 Å². The Morgan fingerprint density at radius 1 is 1.07 bits per heavy atom. The number of carbonyl (C=O) groups is 1. The summed E-state index contributed by atoms with van der Waals surface area (Å²) in [4.78, 5) is 10.4. The fourth-order valence-electron chi connectivity index (χ4n) is 2.47. The van der Waals surface area contributed by atoms with E-state index in [4.69, 9.17) is 5.11 Å². The zero-order valence-electron chi connectivity index (χ0n) is 15.3. The van der Waals surface area contributed by atoms with Crippen LogP contribution in [-0.2, 0) is 14.8 Å². The molecule has 2 rings (SSSR count). The molecule has 7 nitrogen and oxygen atoms in total. The van der Waals surface area contributed by atoms with E-state index >= 15 is 0 Å². The van der Waals surface area contributed by atoms with E-state index in [0.717, 1.165) is 12.1 Å². The summed E-state index contributed by atoms with van der Waals surface area (Å²) < 4.78 is 69.5. The Bertz CT molecular complexity index is 988. The Morgan fingerprint density at radius 3 is 2.10 bits per heavy atom. The van der Waals surface area contributed by atoms with E-state index in [2.05, 4.69) is 4.74 Å². The van der Waals surface area contributed by atoms with E-state index in [1.54, 1.807) is 0 Å². The molecule has 0 saturated carbocycles. The number of carboxylic acids is 1. The molecule has 0 amide bonds. The Kier molecular flexibility index (Phi) is 6.43. The zero-order valence-corrected chi connectivity index (χ0v) is 16.1. The van der Waals surface area contributed by atoms with Crippen LogP contribution in [0.5, 0.6) is 11.5 Å². The molecule has 0 aliphatic heterocycles. The summed E-state index contributed by atoms with van der Waals surface area (Å²) in [6.07, 6.45) is -5.18. The van der Waals surface area contributed by atoms with Crippen LogP contribution in [-0.4, -0.2) is 37.0 Å². The van der Waals surface area contributed by atoms with Gasteiger partial charge in [0.2, 0.25) is 10.0 Å². The van der Waals surface area contributed by atoms with Gasteiger partial charge >= 0.3 is 12.3 Å². The molecule has 1 atom stereocenters. The third kappa shape index (κ3) is 5.84. The lowest BCUT2D eigenvalue weighted by molar-refractivity contribution is -0.275. The molecule has 0 aromatic heterocycles. The van der Waals surface area contributed by atoms with Gasteiger partial charge in [-0.05, 0) is 41.3 Å². The van der Waals surface area contributed by atoms with E-state index in [9.17, 15) is 31.5 Å². The molecule has 0 radical (unpaired) electrons. The Morgan fingerprint density at radius 2 is 1.62 bits per heavy atom. The van der Waals surface area contributed by atoms with Crippen LogP contribution in [0.3, 0.4) is 0 Å². The minimum absolute atomic E-state index is 0.0580. The summed E-state index contributed by atoms with van der Waals surface area (Å²) in [5, 5.41) is 18.5. The smallest absolute Gasteiger partial charge is 0.508 e. The highest BCUT2D eigenvalue weighted by Gasteiger charge is 2.36. The number of rotatable bonds is 7. The molecule has 0 fully saturated rings. The van der Waals surface area contributed by atoms with Gasteiger partial charge in [0.05, 0.1) is 0 Å². The van der Waals surface area contributed by atoms with Crippen molar-refractivity contribution in [3.05, 3.63) is 42.5 Å². The Labute approximate surface area is 164 Å². The van der Waals surface area contributed by atoms with Crippen molar-refractivity contribution in [1.82, 2.24) is 4.72 Å². The lowest BCUT2D eigenvalue weighted by Gasteiger charge is -2.20. The van der Waals surface area contributed by atoms with Crippen molar-refractivity contribution in [3.8, 4) is 22.6 Å². The van der Waals surface area contributed by atoms with Crippen LogP contribution in [0.25, 0.3) is 11.1 Å². The second-order valence-electron chi connectivity index (χ2n) is 6.44. The lowest BCUT2D eigenvalue weighted by Crippen LogP contribution is -2.44. The molecule has 11 heteroatoms. The lowest BCUT2D eigenvalue weighted by atomic mass is 10.1. The number of hydrogen-bond donors (Lipinski definition) is 3. The molecule has 0 bridgehead atoms. The maximum absolute atomic E-state index is 12.9. The van der Waals surface area contributed by atoms with Crippen LogP contribution >= 0.6 is 0 Å². The van der Waals surface area contributed by atoms with Crippen molar-refractivity contribution in [2.45, 2.75) is 31.1 Å². The van der Waals surface area contributed by atoms with Crippen LogP contribution in [0.2, 0.25) is 0 Å². The molecule has 29 heavy (non-hydrogen) atoms. The third-order valence-corrected chi connectivity index (χ3v) is 5.35. The predicted molar refractivity (Wildman–Crippen MR) is 96.8 cm³/mol. The van der Waals surface area contributed by atoms with E-state index < -0.39 is 45.0 Å².